The first-order valence-corrected chi connectivity index (χ1v) is 6.09. The van der Waals surface area contributed by atoms with E-state index in [1.54, 1.807) is 12.1 Å². The molecule has 0 aliphatic carbocycles. The van der Waals surface area contributed by atoms with Crippen LogP contribution in [0.25, 0.3) is 0 Å². The van der Waals surface area contributed by atoms with Crippen molar-refractivity contribution in [2.75, 3.05) is 10.6 Å². The summed E-state index contributed by atoms with van der Waals surface area (Å²) in [5.41, 5.74) is -0.991. The van der Waals surface area contributed by atoms with Crippen molar-refractivity contribution in [1.82, 2.24) is 4.98 Å². The van der Waals surface area contributed by atoms with Crippen molar-refractivity contribution in [2.24, 2.45) is 0 Å². The Morgan fingerprint density at radius 1 is 1.10 bits per heavy atom. The Balaban J connectivity index is 2.11. The normalized spacial score (nSPS) is 11.0. The molecule has 0 aliphatic rings. The average Bonchev–Trinajstić information content (AvgIpc) is 2.41. The number of anilines is 2. The summed E-state index contributed by atoms with van der Waals surface area (Å²) in [6.07, 6.45) is -2.64. The lowest BCUT2D eigenvalue weighted by Crippen LogP contribution is -2.22. The second kappa shape index (κ2) is 6.01. The molecule has 0 saturated heterocycles. The van der Waals surface area contributed by atoms with Gasteiger partial charge < -0.3 is 10.6 Å². The van der Waals surface area contributed by atoms with Crippen LogP contribution in [0.5, 0.6) is 0 Å². The SMILES string of the molecule is O=C(Nc1ccc(Cl)cc1)Nc1cnccc1C(F)(F)F. The molecule has 8 heteroatoms. The highest BCUT2D eigenvalue weighted by atomic mass is 35.5. The summed E-state index contributed by atoms with van der Waals surface area (Å²) >= 11 is 5.69. The zero-order valence-electron chi connectivity index (χ0n) is 10.4. The lowest BCUT2D eigenvalue weighted by atomic mass is 10.2. The summed E-state index contributed by atoms with van der Waals surface area (Å²) in [6, 6.07) is 6.12. The molecule has 2 aromatic rings. The van der Waals surface area contributed by atoms with Gasteiger partial charge in [0.2, 0.25) is 0 Å². The topological polar surface area (TPSA) is 54.0 Å². The summed E-state index contributed by atoms with van der Waals surface area (Å²) in [5.74, 6) is 0. The van der Waals surface area contributed by atoms with Gasteiger partial charge in [0, 0.05) is 16.9 Å². The Bertz CT molecular complexity index is 644. The molecule has 1 aromatic carbocycles. The van der Waals surface area contributed by atoms with E-state index in [0.29, 0.717) is 10.7 Å². The fourth-order valence-electron chi connectivity index (χ4n) is 1.56. The van der Waals surface area contributed by atoms with Crippen LogP contribution in [-0.2, 0) is 6.18 Å². The molecule has 2 rings (SSSR count). The van der Waals surface area contributed by atoms with Crippen molar-refractivity contribution in [2.45, 2.75) is 6.18 Å². The smallest absolute Gasteiger partial charge is 0.308 e. The van der Waals surface area contributed by atoms with E-state index in [0.717, 1.165) is 18.5 Å². The fraction of sp³-hybridized carbons (Fsp3) is 0.0769. The standard InChI is InChI=1S/C13H9ClF3N3O/c14-8-1-3-9(4-2-8)19-12(21)20-11-7-18-6-5-10(11)13(15,16)17/h1-7H,(H2,19,20,21). The maximum Gasteiger partial charge on any atom is 0.418 e. The molecule has 0 fully saturated rings. The molecule has 0 bridgehead atoms. The van der Waals surface area contributed by atoms with Crippen LogP contribution in [0.2, 0.25) is 5.02 Å². The molecule has 0 spiro atoms. The van der Waals surface area contributed by atoms with Crippen LogP contribution in [-0.4, -0.2) is 11.0 Å². The Morgan fingerprint density at radius 3 is 2.38 bits per heavy atom. The summed E-state index contributed by atoms with van der Waals surface area (Å²) in [7, 11) is 0. The quantitative estimate of drug-likeness (QED) is 0.863. The maximum absolute atomic E-state index is 12.8. The molecular weight excluding hydrogens is 307 g/mol. The number of urea groups is 1. The van der Waals surface area contributed by atoms with Crippen LogP contribution in [0, 0.1) is 0 Å². The van der Waals surface area contributed by atoms with E-state index < -0.39 is 23.5 Å². The molecule has 0 aliphatic heterocycles. The number of amides is 2. The number of carbonyl (C=O) groups excluding carboxylic acids is 1. The summed E-state index contributed by atoms with van der Waals surface area (Å²) in [4.78, 5) is 15.3. The van der Waals surface area contributed by atoms with Gasteiger partial charge in [-0.2, -0.15) is 13.2 Å². The van der Waals surface area contributed by atoms with Crippen molar-refractivity contribution in [3.63, 3.8) is 0 Å². The molecule has 2 N–H and O–H groups in total. The van der Waals surface area contributed by atoms with Crippen molar-refractivity contribution < 1.29 is 18.0 Å². The lowest BCUT2D eigenvalue weighted by molar-refractivity contribution is -0.137. The predicted molar refractivity (Wildman–Crippen MR) is 73.3 cm³/mol. The third-order valence-electron chi connectivity index (χ3n) is 2.48. The Kier molecular flexibility index (Phi) is 4.32. The number of hydrogen-bond acceptors (Lipinski definition) is 2. The third kappa shape index (κ3) is 4.09. The number of halogens is 4. The van der Waals surface area contributed by atoms with Crippen LogP contribution in [0.3, 0.4) is 0 Å². The molecule has 2 amide bonds. The number of hydrogen-bond donors (Lipinski definition) is 2. The zero-order chi connectivity index (χ0) is 15.5. The molecule has 1 heterocycles. The van der Waals surface area contributed by atoms with Gasteiger partial charge in [-0.25, -0.2) is 4.79 Å². The Morgan fingerprint density at radius 2 is 1.76 bits per heavy atom. The van der Waals surface area contributed by atoms with Gasteiger partial charge in [0.25, 0.3) is 0 Å². The number of nitrogens with one attached hydrogen (secondary N) is 2. The molecule has 21 heavy (non-hydrogen) atoms. The van der Waals surface area contributed by atoms with Gasteiger partial charge in [0.05, 0.1) is 17.4 Å². The molecule has 0 atom stereocenters. The largest absolute Gasteiger partial charge is 0.418 e. The molecule has 0 saturated carbocycles. The van der Waals surface area contributed by atoms with Crippen LogP contribution >= 0.6 is 11.6 Å². The van der Waals surface area contributed by atoms with Crippen molar-refractivity contribution in [1.29, 1.82) is 0 Å². The molecule has 1 aromatic heterocycles. The second-order valence-electron chi connectivity index (χ2n) is 4.01. The number of alkyl halides is 3. The van der Waals surface area contributed by atoms with Crippen molar-refractivity contribution in [3.8, 4) is 0 Å². The van der Waals surface area contributed by atoms with Crippen molar-refractivity contribution in [3.05, 3.63) is 53.3 Å². The predicted octanol–water partition coefficient (Wildman–Crippen LogP) is 4.40. The number of aromatic nitrogens is 1. The molecule has 110 valence electrons. The summed E-state index contributed by atoms with van der Waals surface area (Å²) in [5, 5.41) is 4.99. The van der Waals surface area contributed by atoms with E-state index in [1.165, 1.54) is 12.1 Å². The highest BCUT2D eigenvalue weighted by Gasteiger charge is 2.33. The maximum atomic E-state index is 12.8. The zero-order valence-corrected chi connectivity index (χ0v) is 11.2. The monoisotopic (exact) mass is 315 g/mol. The first-order valence-electron chi connectivity index (χ1n) is 5.71. The lowest BCUT2D eigenvalue weighted by Gasteiger charge is -2.13. The Labute approximate surface area is 122 Å². The minimum absolute atomic E-state index is 0.398. The highest BCUT2D eigenvalue weighted by Crippen LogP contribution is 2.34. The molecule has 4 nitrogen and oxygen atoms in total. The van der Waals surface area contributed by atoms with Gasteiger partial charge in [0.1, 0.15) is 0 Å². The van der Waals surface area contributed by atoms with E-state index in [9.17, 15) is 18.0 Å². The second-order valence-corrected chi connectivity index (χ2v) is 4.44. The van der Waals surface area contributed by atoms with Crippen molar-refractivity contribution >= 4 is 29.0 Å². The van der Waals surface area contributed by atoms with Gasteiger partial charge in [-0.1, -0.05) is 11.6 Å². The van der Waals surface area contributed by atoms with E-state index in [-0.39, 0.29) is 0 Å². The Hall–Kier alpha value is -2.28. The van der Waals surface area contributed by atoms with Gasteiger partial charge in [-0.05, 0) is 30.3 Å². The van der Waals surface area contributed by atoms with E-state index in [4.69, 9.17) is 11.6 Å². The van der Waals surface area contributed by atoms with Gasteiger partial charge in [0.15, 0.2) is 0 Å². The van der Waals surface area contributed by atoms with E-state index in [2.05, 4.69) is 15.6 Å². The van der Waals surface area contributed by atoms with E-state index in [1.807, 2.05) is 0 Å². The first-order chi connectivity index (χ1) is 9.86. The first kappa shape index (κ1) is 15.1. The molecule has 0 radical (unpaired) electrons. The van der Waals surface area contributed by atoms with Gasteiger partial charge in [-0.3, -0.25) is 4.98 Å². The minimum atomic E-state index is -4.58. The van der Waals surface area contributed by atoms with Crippen LogP contribution < -0.4 is 10.6 Å². The van der Waals surface area contributed by atoms with Gasteiger partial charge >= 0.3 is 12.2 Å². The molecule has 0 unspecified atom stereocenters. The third-order valence-corrected chi connectivity index (χ3v) is 2.73. The average molecular weight is 316 g/mol. The number of pyridine rings is 1. The highest BCUT2D eigenvalue weighted by molar-refractivity contribution is 6.30. The number of carbonyl (C=O) groups is 1. The number of rotatable bonds is 2. The minimum Gasteiger partial charge on any atom is -0.308 e. The number of benzene rings is 1. The number of nitrogens with zero attached hydrogens (tertiary/aromatic N) is 1. The van der Waals surface area contributed by atoms with Crippen LogP contribution in [0.1, 0.15) is 5.56 Å². The summed E-state index contributed by atoms with van der Waals surface area (Å²) < 4.78 is 38.3. The fourth-order valence-corrected chi connectivity index (χ4v) is 1.69. The van der Waals surface area contributed by atoms with Gasteiger partial charge in [-0.15, -0.1) is 0 Å². The van der Waals surface area contributed by atoms with Crippen LogP contribution in [0.4, 0.5) is 29.3 Å². The van der Waals surface area contributed by atoms with Crippen LogP contribution in [0.15, 0.2) is 42.7 Å². The van der Waals surface area contributed by atoms with E-state index >= 15 is 0 Å². The molecular formula is C13H9ClF3N3O. The summed E-state index contributed by atoms with van der Waals surface area (Å²) in [6.45, 7) is 0.